The normalized spacial score (nSPS) is 11.7. The van der Waals surface area contributed by atoms with Gasteiger partial charge in [-0.2, -0.15) is 0 Å². The first-order chi connectivity index (χ1) is 17.9. The molecular weight excluding hydrogens is 470 g/mol. The van der Waals surface area contributed by atoms with Crippen molar-refractivity contribution in [2.75, 3.05) is 18.5 Å². The number of aryl methyl sites for hydroxylation is 1. The fourth-order valence-corrected chi connectivity index (χ4v) is 4.04. The number of fused-ring (bicyclic) bond motifs is 1. The second-order valence-corrected chi connectivity index (χ2v) is 8.75. The van der Waals surface area contributed by atoms with Crippen molar-refractivity contribution in [1.29, 1.82) is 0 Å². The number of aromatic amines is 1. The summed E-state index contributed by atoms with van der Waals surface area (Å²) in [6.07, 6.45) is 2.20. The highest BCUT2D eigenvalue weighted by molar-refractivity contribution is 5.91. The molecule has 0 saturated carbocycles. The molecule has 0 spiro atoms. The Bertz CT molecular complexity index is 1360. The number of para-hydroxylation sites is 1. The number of H-pyrrole nitrogens is 1. The molecule has 0 bridgehead atoms. The van der Waals surface area contributed by atoms with Gasteiger partial charge in [0.05, 0.1) is 6.61 Å². The van der Waals surface area contributed by atoms with E-state index < -0.39 is 12.0 Å². The number of carbonyl (C=O) groups excluding carboxylic acids is 1. The highest BCUT2D eigenvalue weighted by Crippen LogP contribution is 2.29. The summed E-state index contributed by atoms with van der Waals surface area (Å²) in [6.45, 7) is 4.42. The minimum atomic E-state index is -0.921. The zero-order valence-electron chi connectivity index (χ0n) is 20.9. The lowest BCUT2D eigenvalue weighted by Gasteiger charge is -2.16. The summed E-state index contributed by atoms with van der Waals surface area (Å²) in [6, 6.07) is 19.9. The van der Waals surface area contributed by atoms with Gasteiger partial charge in [0.1, 0.15) is 6.04 Å². The largest absolute Gasteiger partial charge is 0.490 e. The molecule has 0 aliphatic heterocycles. The monoisotopic (exact) mass is 501 g/mol. The molecule has 1 amide bonds. The molecule has 4 rings (SSSR count). The van der Waals surface area contributed by atoms with E-state index in [4.69, 9.17) is 9.47 Å². The first-order valence-corrected chi connectivity index (χ1v) is 12.2. The van der Waals surface area contributed by atoms with E-state index in [2.05, 4.69) is 15.6 Å². The molecule has 8 heteroatoms. The van der Waals surface area contributed by atoms with E-state index in [-0.39, 0.29) is 12.5 Å². The van der Waals surface area contributed by atoms with Crippen LogP contribution < -0.4 is 20.1 Å². The molecule has 0 saturated heterocycles. The zero-order chi connectivity index (χ0) is 26.2. The first kappa shape index (κ1) is 25.8. The maximum atomic E-state index is 12.3. The number of carboxylic acids is 1. The van der Waals surface area contributed by atoms with Gasteiger partial charge in [-0.1, -0.05) is 42.0 Å². The van der Waals surface area contributed by atoms with Gasteiger partial charge in [-0.05, 0) is 55.3 Å². The average Bonchev–Trinajstić information content (AvgIpc) is 3.30. The highest BCUT2D eigenvalue weighted by atomic mass is 16.5. The standard InChI is InChI=1S/C29H31N3O5/c1-3-36-27-14-20(10-13-26(27)37-18-28(33)32-22-11-8-19(2)9-12-22)16-30-25(29(34)35)15-21-17-31-24-7-5-4-6-23(21)24/h4-14,17,25,30-31H,3,15-16,18H2,1-2H3,(H,32,33)(H,34,35)/t25-/m0/s1. The summed E-state index contributed by atoms with van der Waals surface area (Å²) in [7, 11) is 0. The zero-order valence-corrected chi connectivity index (χ0v) is 20.9. The highest BCUT2D eigenvalue weighted by Gasteiger charge is 2.20. The number of amides is 1. The SMILES string of the molecule is CCOc1cc(CN[C@@H](Cc2c[nH]c3ccccc23)C(=O)O)ccc1OCC(=O)Nc1ccc(C)cc1. The lowest BCUT2D eigenvalue weighted by atomic mass is 10.0. The van der Waals surface area contributed by atoms with E-state index in [1.807, 2.05) is 74.6 Å². The Balaban J connectivity index is 1.37. The van der Waals surface area contributed by atoms with Crippen molar-refractivity contribution in [3.63, 3.8) is 0 Å². The van der Waals surface area contributed by atoms with E-state index in [1.165, 1.54) is 0 Å². The molecule has 0 unspecified atom stereocenters. The van der Waals surface area contributed by atoms with Crippen LogP contribution in [-0.2, 0) is 22.6 Å². The third-order valence-electron chi connectivity index (χ3n) is 5.95. The number of hydrogen-bond acceptors (Lipinski definition) is 5. The molecule has 1 atom stereocenters. The van der Waals surface area contributed by atoms with Gasteiger partial charge >= 0.3 is 5.97 Å². The summed E-state index contributed by atoms with van der Waals surface area (Å²) >= 11 is 0. The Labute approximate surface area is 215 Å². The topological polar surface area (TPSA) is 113 Å². The van der Waals surface area contributed by atoms with Crippen LogP contribution in [0, 0.1) is 6.92 Å². The van der Waals surface area contributed by atoms with Gasteiger partial charge in [0, 0.05) is 35.8 Å². The number of carboxylic acid groups (broad SMARTS) is 1. The van der Waals surface area contributed by atoms with Gasteiger partial charge in [0.15, 0.2) is 18.1 Å². The second-order valence-electron chi connectivity index (χ2n) is 8.75. The lowest BCUT2D eigenvalue weighted by molar-refractivity contribution is -0.139. The molecule has 4 aromatic rings. The maximum absolute atomic E-state index is 12.3. The molecule has 0 radical (unpaired) electrons. The minimum absolute atomic E-state index is 0.169. The van der Waals surface area contributed by atoms with Crippen LogP contribution in [0.2, 0.25) is 0 Å². The summed E-state index contributed by atoms with van der Waals surface area (Å²) in [5, 5.41) is 16.7. The van der Waals surface area contributed by atoms with E-state index >= 15 is 0 Å². The summed E-state index contributed by atoms with van der Waals surface area (Å²) in [5.74, 6) is -0.264. The molecule has 1 heterocycles. The molecule has 4 N–H and O–H groups in total. The molecular formula is C29H31N3O5. The van der Waals surface area contributed by atoms with Gasteiger partial charge in [0.2, 0.25) is 0 Å². The summed E-state index contributed by atoms with van der Waals surface area (Å²) in [5.41, 5.74) is 4.57. The molecule has 0 fully saturated rings. The Hall–Kier alpha value is -4.30. The lowest BCUT2D eigenvalue weighted by Crippen LogP contribution is -2.38. The van der Waals surface area contributed by atoms with E-state index in [0.717, 1.165) is 27.6 Å². The molecule has 0 aliphatic carbocycles. The van der Waals surface area contributed by atoms with Crippen LogP contribution in [0.4, 0.5) is 5.69 Å². The number of hydrogen-bond donors (Lipinski definition) is 4. The molecule has 1 aromatic heterocycles. The molecule has 0 aliphatic rings. The fourth-order valence-electron chi connectivity index (χ4n) is 4.04. The van der Waals surface area contributed by atoms with Gasteiger partial charge in [-0.25, -0.2) is 0 Å². The van der Waals surface area contributed by atoms with E-state index in [0.29, 0.717) is 36.8 Å². The van der Waals surface area contributed by atoms with Crippen LogP contribution in [0.1, 0.15) is 23.6 Å². The van der Waals surface area contributed by atoms with Gasteiger partial charge < -0.3 is 30.2 Å². The van der Waals surface area contributed by atoms with Crippen LogP contribution in [0.15, 0.2) is 72.9 Å². The van der Waals surface area contributed by atoms with Crippen molar-refractivity contribution in [3.05, 3.63) is 89.6 Å². The van der Waals surface area contributed by atoms with Crippen molar-refractivity contribution in [2.45, 2.75) is 32.9 Å². The van der Waals surface area contributed by atoms with Gasteiger partial charge in [0.25, 0.3) is 5.91 Å². The number of aromatic nitrogens is 1. The van der Waals surface area contributed by atoms with Gasteiger partial charge in [-0.15, -0.1) is 0 Å². The first-order valence-electron chi connectivity index (χ1n) is 12.2. The number of aliphatic carboxylic acids is 1. The number of ether oxygens (including phenoxy) is 2. The quantitative estimate of drug-likeness (QED) is 0.224. The third-order valence-corrected chi connectivity index (χ3v) is 5.95. The number of rotatable bonds is 12. The van der Waals surface area contributed by atoms with Crippen LogP contribution >= 0.6 is 0 Å². The van der Waals surface area contributed by atoms with E-state index in [9.17, 15) is 14.7 Å². The molecule has 8 nitrogen and oxygen atoms in total. The number of nitrogens with one attached hydrogen (secondary N) is 3. The Morgan fingerprint density at radius 1 is 1.00 bits per heavy atom. The van der Waals surface area contributed by atoms with Crippen molar-refractivity contribution in [2.24, 2.45) is 0 Å². The Morgan fingerprint density at radius 3 is 2.54 bits per heavy atom. The number of anilines is 1. The van der Waals surface area contributed by atoms with Crippen molar-refractivity contribution in [3.8, 4) is 11.5 Å². The summed E-state index contributed by atoms with van der Waals surface area (Å²) < 4.78 is 11.4. The molecule has 3 aromatic carbocycles. The van der Waals surface area contributed by atoms with Crippen molar-refractivity contribution >= 4 is 28.5 Å². The van der Waals surface area contributed by atoms with Crippen molar-refractivity contribution < 1.29 is 24.2 Å². The van der Waals surface area contributed by atoms with Gasteiger partial charge in [-0.3, -0.25) is 9.59 Å². The smallest absolute Gasteiger partial charge is 0.321 e. The van der Waals surface area contributed by atoms with Crippen LogP contribution in [0.3, 0.4) is 0 Å². The second kappa shape index (κ2) is 12.1. The Morgan fingerprint density at radius 2 is 1.78 bits per heavy atom. The van der Waals surface area contributed by atoms with Crippen LogP contribution in [0.5, 0.6) is 11.5 Å². The Kier molecular flexibility index (Phi) is 8.43. The fraction of sp³-hybridized carbons (Fsp3) is 0.241. The summed E-state index contributed by atoms with van der Waals surface area (Å²) in [4.78, 5) is 27.5. The predicted octanol–water partition coefficient (Wildman–Crippen LogP) is 4.68. The number of benzene rings is 3. The van der Waals surface area contributed by atoms with E-state index in [1.54, 1.807) is 12.1 Å². The molecule has 37 heavy (non-hydrogen) atoms. The predicted molar refractivity (Wildman–Crippen MR) is 143 cm³/mol. The third kappa shape index (κ3) is 6.89. The maximum Gasteiger partial charge on any atom is 0.321 e. The average molecular weight is 502 g/mol. The van der Waals surface area contributed by atoms with Crippen LogP contribution in [0.25, 0.3) is 10.9 Å². The number of carbonyl (C=O) groups is 2. The minimum Gasteiger partial charge on any atom is -0.490 e. The van der Waals surface area contributed by atoms with Crippen LogP contribution in [-0.4, -0.2) is 41.2 Å². The van der Waals surface area contributed by atoms with Crippen molar-refractivity contribution in [1.82, 2.24) is 10.3 Å². The molecule has 192 valence electrons.